The van der Waals surface area contributed by atoms with Crippen molar-refractivity contribution in [1.82, 2.24) is 0 Å². The molecule has 0 saturated heterocycles. The van der Waals surface area contributed by atoms with Crippen LogP contribution in [0.2, 0.25) is 5.02 Å². The molecule has 0 amide bonds. The van der Waals surface area contributed by atoms with Gasteiger partial charge in [0.15, 0.2) is 0 Å². The van der Waals surface area contributed by atoms with Crippen molar-refractivity contribution in [3.05, 3.63) is 543 Å². The van der Waals surface area contributed by atoms with Crippen LogP contribution in [0.5, 0.6) is 0 Å². The molecule has 1 saturated carbocycles. The van der Waals surface area contributed by atoms with Crippen molar-refractivity contribution in [2.24, 2.45) is 0 Å². The van der Waals surface area contributed by atoms with Gasteiger partial charge >= 0.3 is 0 Å². The number of halogens is 2. The lowest BCUT2D eigenvalue weighted by Gasteiger charge is -2.36. The summed E-state index contributed by atoms with van der Waals surface area (Å²) in [5.74, 6) is 1.73. The molecule has 0 aromatic heterocycles. The van der Waals surface area contributed by atoms with E-state index in [9.17, 15) is 9.50 Å². The smallest absolute Gasteiger partial charge is 0.123 e. The van der Waals surface area contributed by atoms with E-state index in [1.807, 2.05) is 97.1 Å². The summed E-state index contributed by atoms with van der Waals surface area (Å²) in [6.45, 7) is 0.0690. The molecule has 0 aliphatic heterocycles. The number of benzene rings is 19. The monoisotopic (exact) mass is 1620 g/mol. The zero-order chi connectivity index (χ0) is 84.3. The van der Waals surface area contributed by atoms with Crippen molar-refractivity contribution in [3.8, 4) is 134 Å². The molecular weight excluding hydrogens is 1520 g/mol. The van der Waals surface area contributed by atoms with Crippen molar-refractivity contribution >= 4 is 11.6 Å². The minimum Gasteiger partial charge on any atom is -0.392 e. The van der Waals surface area contributed by atoms with Gasteiger partial charge in [-0.2, -0.15) is 0 Å². The highest BCUT2D eigenvalue weighted by atomic mass is 35.5. The van der Waals surface area contributed by atoms with E-state index in [4.69, 9.17) is 11.6 Å². The van der Waals surface area contributed by atoms with Gasteiger partial charge in [-0.15, -0.1) is 0 Å². The number of hydrogen-bond acceptors (Lipinski definition) is 1. The molecule has 1 aliphatic carbocycles. The Morgan fingerprint density at radius 2 is 0.323 bits per heavy atom. The fourth-order valence-electron chi connectivity index (χ4n) is 16.6. The van der Waals surface area contributed by atoms with Crippen LogP contribution in [0.15, 0.2) is 510 Å². The van der Waals surface area contributed by atoms with Crippen molar-refractivity contribution in [1.29, 1.82) is 0 Å². The fraction of sp³-hybridized carbons (Fsp3) is 0.0579. The Morgan fingerprint density at radius 1 is 0.177 bits per heavy atom. The van der Waals surface area contributed by atoms with E-state index >= 15 is 0 Å². The zero-order valence-corrected chi connectivity index (χ0v) is 70.0. The van der Waals surface area contributed by atoms with Crippen molar-refractivity contribution in [2.45, 2.75) is 43.6 Å². The fourth-order valence-corrected chi connectivity index (χ4v) is 16.7. The van der Waals surface area contributed by atoms with Crippen molar-refractivity contribution in [2.75, 3.05) is 0 Å². The number of hydrogen-bond donors (Lipinski definition) is 1. The second kappa shape index (κ2) is 42.0. The third kappa shape index (κ3) is 22.3. The first-order valence-electron chi connectivity index (χ1n) is 42.7. The van der Waals surface area contributed by atoms with Gasteiger partial charge in [0.2, 0.25) is 0 Å². The molecule has 1 nitrogen and oxygen atoms in total. The van der Waals surface area contributed by atoms with Gasteiger partial charge in [-0.25, -0.2) is 4.39 Å². The first-order chi connectivity index (χ1) is 61.2. The summed E-state index contributed by atoms with van der Waals surface area (Å²) in [6.07, 6.45) is 3.78. The Bertz CT molecular complexity index is 5880. The molecule has 20 rings (SSSR count). The SMILES string of the molecule is Clc1ccc(-c2cc(-c3ccccc3)cc(-c3ccccc3)c2)cc1.Fc1ccc(-c2cc(-c3ccccc3)cc(-c3ccccc3)c2)cc1.OCc1ccc(-c2cc(-c3ccccc3)cc(-c3ccccc3)c2)cc1.c1ccc(-c2cc(-c3ccccc3)cc(-c3ccccc3)c2)cc1.c1ccc(C2CC(c3ccccc3)CC(c3ccccc3)C2)cc1. The Balaban J connectivity index is 0.000000115. The number of rotatable bonds is 16. The van der Waals surface area contributed by atoms with E-state index < -0.39 is 0 Å². The zero-order valence-electron chi connectivity index (χ0n) is 69.3. The predicted octanol–water partition coefficient (Wildman–Crippen LogP) is 33.6. The minimum absolute atomic E-state index is 0.0690. The van der Waals surface area contributed by atoms with Crippen molar-refractivity contribution < 1.29 is 9.50 Å². The maximum Gasteiger partial charge on any atom is 0.123 e. The van der Waals surface area contributed by atoms with Gasteiger partial charge in [0, 0.05) is 5.02 Å². The molecule has 600 valence electrons. The van der Waals surface area contributed by atoms with E-state index in [0.717, 1.165) is 38.4 Å². The molecule has 0 heterocycles. The van der Waals surface area contributed by atoms with Crippen LogP contribution in [0.1, 0.15) is 59.3 Å². The predicted molar refractivity (Wildman–Crippen MR) is 523 cm³/mol. The van der Waals surface area contributed by atoms with Crippen LogP contribution in [-0.2, 0) is 6.61 Å². The van der Waals surface area contributed by atoms with E-state index in [0.29, 0.717) is 17.8 Å². The first kappa shape index (κ1) is 83.0. The molecule has 0 atom stereocenters. The van der Waals surface area contributed by atoms with Gasteiger partial charge in [-0.05, 0) is 290 Å². The second-order valence-corrected chi connectivity index (χ2v) is 31.8. The summed E-state index contributed by atoms with van der Waals surface area (Å²) in [5.41, 5.74) is 34.0. The lowest BCUT2D eigenvalue weighted by molar-refractivity contribution is 0.282. The molecule has 0 unspecified atom stereocenters. The first-order valence-corrected chi connectivity index (χ1v) is 43.1. The van der Waals surface area contributed by atoms with Gasteiger partial charge in [0.05, 0.1) is 6.61 Å². The van der Waals surface area contributed by atoms with Crippen LogP contribution < -0.4 is 0 Å². The molecule has 1 N–H and O–H groups in total. The quantitative estimate of drug-likeness (QED) is 0.102. The van der Waals surface area contributed by atoms with Crippen LogP contribution in [0.25, 0.3) is 134 Å². The van der Waals surface area contributed by atoms with Crippen LogP contribution in [-0.4, -0.2) is 5.11 Å². The molecule has 124 heavy (non-hydrogen) atoms. The van der Waals surface area contributed by atoms with E-state index in [2.05, 4.69) is 400 Å². The highest BCUT2D eigenvalue weighted by molar-refractivity contribution is 6.30. The van der Waals surface area contributed by atoms with Crippen molar-refractivity contribution in [3.63, 3.8) is 0 Å². The van der Waals surface area contributed by atoms with Crippen LogP contribution in [0.3, 0.4) is 0 Å². The highest BCUT2D eigenvalue weighted by Crippen LogP contribution is 2.48. The molecule has 1 aliphatic rings. The summed E-state index contributed by atoms with van der Waals surface area (Å²) in [5, 5.41) is 10.0. The Hall–Kier alpha value is -14.6. The Kier molecular flexibility index (Phi) is 28.2. The summed E-state index contributed by atoms with van der Waals surface area (Å²) in [4.78, 5) is 0. The lowest BCUT2D eigenvalue weighted by atomic mass is 9.69. The Labute approximate surface area is 735 Å². The average Bonchev–Trinajstić information content (AvgIpc) is 0.825. The maximum atomic E-state index is 13.3. The topological polar surface area (TPSA) is 20.2 Å². The van der Waals surface area contributed by atoms with Gasteiger partial charge in [0.1, 0.15) is 5.82 Å². The van der Waals surface area contributed by atoms with Gasteiger partial charge < -0.3 is 5.11 Å². The molecule has 1 fully saturated rings. The van der Waals surface area contributed by atoms with Gasteiger partial charge in [-0.1, -0.05) is 424 Å². The molecule has 19 aromatic carbocycles. The molecule has 0 spiro atoms. The van der Waals surface area contributed by atoms with Gasteiger partial charge in [-0.3, -0.25) is 0 Å². The normalized spacial score (nSPS) is 13.1. The molecule has 19 aromatic rings. The second-order valence-electron chi connectivity index (χ2n) is 31.4. The Morgan fingerprint density at radius 3 is 0.492 bits per heavy atom. The summed E-state index contributed by atoms with van der Waals surface area (Å²) >= 11 is 6.05. The largest absolute Gasteiger partial charge is 0.392 e. The van der Waals surface area contributed by atoms with Crippen LogP contribution >= 0.6 is 11.6 Å². The minimum atomic E-state index is -0.216. The standard InChI is InChI=1S/C25H20O.C24H17Cl.C24H17F.C24H24.C24H18/c26-18-19-11-13-22(14-12-19)25-16-23(20-7-3-1-4-8-20)15-24(17-25)21-9-5-2-6-10-21;2*25-24-13-11-20(12-14-24)23-16-21(18-7-3-1-4-8-18)15-22(17-23)19-9-5-2-6-10-19;2*1-4-10-19(11-5-1)22-16-23(20-12-6-2-7-13-20)18-24(17-22)21-14-8-3-9-15-21/h1-17,26H,18H2;2*1-17H;1-15,22-24H,16-18H2;1-18H. The molecular formula is C121H96ClFO. The van der Waals surface area contributed by atoms with Crippen LogP contribution in [0.4, 0.5) is 4.39 Å². The third-order valence-electron chi connectivity index (χ3n) is 23.0. The highest BCUT2D eigenvalue weighted by Gasteiger charge is 2.31. The number of aliphatic hydroxyl groups is 1. The molecule has 0 bridgehead atoms. The number of aliphatic hydroxyl groups excluding tert-OH is 1. The van der Waals surface area contributed by atoms with Gasteiger partial charge in [0.25, 0.3) is 0 Å². The molecule has 3 heteroatoms. The summed E-state index contributed by atoms with van der Waals surface area (Å²) in [7, 11) is 0. The van der Waals surface area contributed by atoms with E-state index in [1.54, 1.807) is 0 Å². The van der Waals surface area contributed by atoms with E-state index in [1.165, 1.54) is 154 Å². The summed E-state index contributed by atoms with van der Waals surface area (Å²) in [6, 6.07) is 177. The van der Waals surface area contributed by atoms with E-state index in [-0.39, 0.29) is 12.4 Å². The van der Waals surface area contributed by atoms with Crippen LogP contribution in [0, 0.1) is 5.82 Å². The maximum absolute atomic E-state index is 13.3. The summed E-state index contributed by atoms with van der Waals surface area (Å²) < 4.78 is 13.3. The third-order valence-corrected chi connectivity index (χ3v) is 23.3. The lowest BCUT2D eigenvalue weighted by Crippen LogP contribution is -2.19. The average molecular weight is 1620 g/mol. The molecule has 0 radical (unpaired) electrons.